The monoisotopic (exact) mass is 416 g/mol. The fraction of sp³-hybridized carbons (Fsp3) is 0.680. The Morgan fingerprint density at radius 2 is 2.07 bits per heavy atom. The Hall–Kier alpha value is -2.04. The maximum Gasteiger partial charge on any atom is 0.331 e. The number of fused-ring (bicyclic) bond motifs is 1. The molecule has 1 heterocycles. The number of carboxylic acids is 1. The van der Waals surface area contributed by atoms with E-state index in [9.17, 15) is 14.7 Å². The Balaban J connectivity index is 1.95. The van der Waals surface area contributed by atoms with Gasteiger partial charge in [-0.3, -0.25) is 4.79 Å². The van der Waals surface area contributed by atoms with E-state index < -0.39 is 5.97 Å². The second-order valence-electron chi connectivity index (χ2n) is 9.91. The normalized spacial score (nSPS) is 33.2. The molecule has 0 aliphatic heterocycles. The topological polar surface area (TPSA) is 76.7 Å². The highest BCUT2D eigenvalue weighted by Gasteiger charge is 2.56. The van der Waals surface area contributed by atoms with Crippen LogP contribution < -0.4 is 0 Å². The molecule has 0 spiro atoms. The minimum absolute atomic E-state index is 0.153. The van der Waals surface area contributed by atoms with Crippen LogP contribution in [0.4, 0.5) is 0 Å². The van der Waals surface area contributed by atoms with Crippen molar-refractivity contribution in [1.82, 2.24) is 0 Å². The molecule has 1 fully saturated rings. The number of hydrogen-bond donors (Lipinski definition) is 1. The molecule has 1 aromatic heterocycles. The van der Waals surface area contributed by atoms with Gasteiger partial charge >= 0.3 is 11.9 Å². The van der Waals surface area contributed by atoms with Crippen LogP contribution in [0, 0.1) is 28.6 Å². The van der Waals surface area contributed by atoms with Crippen LogP contribution in [-0.2, 0) is 14.3 Å². The molecule has 0 amide bonds. The molecule has 2 aliphatic carbocycles. The van der Waals surface area contributed by atoms with Crippen LogP contribution in [0.3, 0.4) is 0 Å². The third kappa shape index (κ3) is 3.95. The van der Waals surface area contributed by atoms with E-state index in [4.69, 9.17) is 9.15 Å². The first-order valence-corrected chi connectivity index (χ1v) is 11.3. The predicted octanol–water partition coefficient (Wildman–Crippen LogP) is 6.16. The first kappa shape index (κ1) is 22.6. The molecule has 1 N–H and O–H groups in total. The molecule has 1 aromatic rings. The van der Waals surface area contributed by atoms with Crippen molar-refractivity contribution in [1.29, 1.82) is 0 Å². The van der Waals surface area contributed by atoms with Gasteiger partial charge in [0, 0.05) is 16.6 Å². The Morgan fingerprint density at radius 3 is 2.67 bits per heavy atom. The van der Waals surface area contributed by atoms with Gasteiger partial charge in [-0.2, -0.15) is 0 Å². The lowest BCUT2D eigenvalue weighted by molar-refractivity contribution is -0.159. The van der Waals surface area contributed by atoms with E-state index in [0.717, 1.165) is 37.7 Å². The zero-order valence-corrected chi connectivity index (χ0v) is 18.9. The third-order valence-corrected chi connectivity index (χ3v) is 8.25. The van der Waals surface area contributed by atoms with Crippen LogP contribution in [0.2, 0.25) is 0 Å². The molecule has 0 radical (unpaired) electrons. The lowest BCUT2D eigenvalue weighted by atomic mass is 9.46. The number of furan rings is 1. The summed E-state index contributed by atoms with van der Waals surface area (Å²) < 4.78 is 11.3. The molecule has 5 heteroatoms. The molecule has 0 unspecified atom stereocenters. The summed E-state index contributed by atoms with van der Waals surface area (Å²) in [5, 5.41) is 9.87. The predicted molar refractivity (Wildman–Crippen MR) is 115 cm³/mol. The first-order chi connectivity index (χ1) is 14.1. The van der Waals surface area contributed by atoms with Gasteiger partial charge in [0.25, 0.3) is 0 Å². The number of rotatable bonds is 7. The highest BCUT2D eigenvalue weighted by Crippen LogP contribution is 2.62. The van der Waals surface area contributed by atoms with Crippen molar-refractivity contribution in [2.45, 2.75) is 79.2 Å². The van der Waals surface area contributed by atoms with Gasteiger partial charge in [0.15, 0.2) is 0 Å². The number of aliphatic carboxylic acids is 1. The van der Waals surface area contributed by atoms with Crippen molar-refractivity contribution in [3.8, 4) is 0 Å². The molecule has 5 nitrogen and oxygen atoms in total. The summed E-state index contributed by atoms with van der Waals surface area (Å²) in [7, 11) is 0. The number of carbonyl (C=O) groups excluding carboxylic acids is 1. The van der Waals surface area contributed by atoms with Gasteiger partial charge in [-0.05, 0) is 61.8 Å². The molecule has 166 valence electrons. The van der Waals surface area contributed by atoms with E-state index >= 15 is 0 Å². The molecule has 1 saturated carbocycles. The van der Waals surface area contributed by atoms with Gasteiger partial charge in [0.1, 0.15) is 6.10 Å². The van der Waals surface area contributed by atoms with Gasteiger partial charge in [-0.15, -0.1) is 0 Å². The average molecular weight is 417 g/mol. The second kappa shape index (κ2) is 8.60. The summed E-state index contributed by atoms with van der Waals surface area (Å²) in [5.41, 5.74) is 0.928. The van der Waals surface area contributed by atoms with E-state index in [1.165, 1.54) is 0 Å². The Morgan fingerprint density at radius 1 is 1.33 bits per heavy atom. The Kier molecular flexibility index (Phi) is 6.49. The third-order valence-electron chi connectivity index (χ3n) is 8.25. The summed E-state index contributed by atoms with van der Waals surface area (Å²) in [6.45, 7) is 10.5. The van der Waals surface area contributed by atoms with E-state index in [1.807, 2.05) is 26.0 Å². The van der Waals surface area contributed by atoms with Crippen molar-refractivity contribution in [3.63, 3.8) is 0 Å². The Bertz CT molecular complexity index is 794. The summed E-state index contributed by atoms with van der Waals surface area (Å²) in [5.74, 6) is -0.513. The molecule has 0 bridgehead atoms. The van der Waals surface area contributed by atoms with Gasteiger partial charge in [-0.25, -0.2) is 4.79 Å². The molecule has 6 atom stereocenters. The van der Waals surface area contributed by atoms with Gasteiger partial charge in [0.05, 0.1) is 18.4 Å². The van der Waals surface area contributed by atoms with Crippen LogP contribution in [0.5, 0.6) is 0 Å². The lowest BCUT2D eigenvalue weighted by Gasteiger charge is -2.58. The number of carbonyl (C=O) groups is 2. The highest BCUT2D eigenvalue weighted by atomic mass is 16.5. The zero-order chi connectivity index (χ0) is 22.1. The molecular formula is C25H36O5. The molecule has 0 saturated heterocycles. The number of ether oxygens (including phenoxy) is 1. The van der Waals surface area contributed by atoms with Crippen LogP contribution in [-0.4, -0.2) is 17.0 Å². The van der Waals surface area contributed by atoms with Crippen molar-refractivity contribution < 1.29 is 23.8 Å². The standard InChI is InChI=1S/C25H36O5/c1-6-16(2)23(28)30-20(18-11-13-29-15-18)14-25(5)17(3)10-12-24(4)19(22(26)27)8-7-9-21(24)25/h8,11,13,15-17,20-21H,6-7,9-10,12,14H2,1-5H3,(H,26,27)/t16-,17-,20-,21+,24+,25+/m1/s1. The largest absolute Gasteiger partial charge is 0.478 e. The Labute approximate surface area is 179 Å². The minimum Gasteiger partial charge on any atom is -0.478 e. The lowest BCUT2D eigenvalue weighted by Crippen LogP contribution is -2.51. The van der Waals surface area contributed by atoms with Crippen LogP contribution in [0.15, 0.2) is 34.7 Å². The van der Waals surface area contributed by atoms with E-state index in [-0.39, 0.29) is 34.7 Å². The second-order valence-corrected chi connectivity index (χ2v) is 9.91. The number of hydrogen-bond acceptors (Lipinski definition) is 4. The molecule has 3 rings (SSSR count). The van der Waals surface area contributed by atoms with E-state index in [2.05, 4.69) is 20.8 Å². The molecule has 0 aromatic carbocycles. The van der Waals surface area contributed by atoms with Crippen molar-refractivity contribution in [2.75, 3.05) is 0 Å². The minimum atomic E-state index is -0.798. The van der Waals surface area contributed by atoms with Gasteiger partial charge in [0.2, 0.25) is 0 Å². The van der Waals surface area contributed by atoms with Crippen molar-refractivity contribution in [2.24, 2.45) is 28.6 Å². The smallest absolute Gasteiger partial charge is 0.331 e. The number of allylic oxidation sites excluding steroid dienone is 1. The van der Waals surface area contributed by atoms with Crippen LogP contribution in [0.25, 0.3) is 0 Å². The zero-order valence-electron chi connectivity index (χ0n) is 18.9. The highest BCUT2D eigenvalue weighted by molar-refractivity contribution is 5.88. The molecule has 2 aliphatic rings. The average Bonchev–Trinajstić information content (AvgIpc) is 3.24. The molecule has 30 heavy (non-hydrogen) atoms. The fourth-order valence-corrected chi connectivity index (χ4v) is 5.87. The quantitative estimate of drug-likeness (QED) is 0.538. The molecular weight excluding hydrogens is 380 g/mol. The van der Waals surface area contributed by atoms with E-state index in [1.54, 1.807) is 12.5 Å². The first-order valence-electron chi connectivity index (χ1n) is 11.3. The van der Waals surface area contributed by atoms with Crippen molar-refractivity contribution >= 4 is 11.9 Å². The van der Waals surface area contributed by atoms with Crippen LogP contribution in [0.1, 0.15) is 84.8 Å². The summed E-state index contributed by atoms with van der Waals surface area (Å²) in [6.07, 6.45) is 9.81. The summed E-state index contributed by atoms with van der Waals surface area (Å²) in [4.78, 5) is 24.7. The maximum atomic E-state index is 12.7. The number of esters is 1. The summed E-state index contributed by atoms with van der Waals surface area (Å²) in [6, 6.07) is 1.87. The maximum absolute atomic E-state index is 12.7. The van der Waals surface area contributed by atoms with Gasteiger partial charge < -0.3 is 14.3 Å². The van der Waals surface area contributed by atoms with Crippen LogP contribution >= 0.6 is 0 Å². The van der Waals surface area contributed by atoms with Gasteiger partial charge in [-0.1, -0.05) is 40.7 Å². The van der Waals surface area contributed by atoms with Crippen molar-refractivity contribution in [3.05, 3.63) is 35.8 Å². The SMILES string of the molecule is CC[C@@H](C)C(=O)O[C@H](C[C@@]1(C)[C@H](C)CC[C@@]2(C)C(C(=O)O)=CCC[C@H]12)c1ccoc1. The fourth-order valence-electron chi connectivity index (χ4n) is 5.87. The van der Waals surface area contributed by atoms with E-state index in [0.29, 0.717) is 17.9 Å². The number of carboxylic acid groups (broad SMARTS) is 1. The summed E-state index contributed by atoms with van der Waals surface area (Å²) >= 11 is 0.